The average molecular weight is 224 g/mol. The van der Waals surface area contributed by atoms with Crippen molar-refractivity contribution in [3.63, 3.8) is 0 Å². The lowest BCUT2D eigenvalue weighted by molar-refractivity contribution is 0.363. The summed E-state index contributed by atoms with van der Waals surface area (Å²) >= 11 is 1.92. The third-order valence-corrected chi connectivity index (χ3v) is 4.79. The first-order valence-electron chi connectivity index (χ1n) is 5.87. The van der Waals surface area contributed by atoms with Crippen LogP contribution in [0.4, 0.5) is 0 Å². The summed E-state index contributed by atoms with van der Waals surface area (Å²) in [7, 11) is 2.04. The summed E-state index contributed by atoms with van der Waals surface area (Å²) in [6.07, 6.45) is 6.10. The molecule has 0 amide bonds. The van der Waals surface area contributed by atoms with Crippen molar-refractivity contribution < 1.29 is 0 Å². The van der Waals surface area contributed by atoms with E-state index in [1.54, 1.807) is 0 Å². The van der Waals surface area contributed by atoms with E-state index in [4.69, 9.17) is 4.98 Å². The Morgan fingerprint density at radius 3 is 2.87 bits per heavy atom. The molecule has 2 nitrogen and oxygen atoms in total. The van der Waals surface area contributed by atoms with Crippen LogP contribution in [0, 0.1) is 0 Å². The smallest absolute Gasteiger partial charge is 0.113 e. The van der Waals surface area contributed by atoms with Gasteiger partial charge >= 0.3 is 0 Å². The third kappa shape index (κ3) is 1.95. The number of thiazole rings is 1. The number of aryl methyl sites for hydroxylation is 2. The summed E-state index contributed by atoms with van der Waals surface area (Å²) in [5.41, 5.74) is 1.46. The minimum atomic E-state index is 0.0871. The number of fused-ring (bicyclic) bond motifs is 1. The Labute approximate surface area is 96.1 Å². The van der Waals surface area contributed by atoms with Gasteiger partial charge in [-0.1, -0.05) is 13.3 Å². The minimum Gasteiger partial charge on any atom is -0.309 e. The van der Waals surface area contributed by atoms with Gasteiger partial charge in [0.25, 0.3) is 0 Å². The topological polar surface area (TPSA) is 24.9 Å². The molecule has 0 bridgehead atoms. The lowest BCUT2D eigenvalue weighted by atomic mass is 9.97. The van der Waals surface area contributed by atoms with Crippen molar-refractivity contribution in [3.05, 3.63) is 15.6 Å². The van der Waals surface area contributed by atoms with E-state index in [2.05, 4.69) is 19.2 Å². The molecule has 1 aliphatic carbocycles. The maximum atomic E-state index is 4.81. The van der Waals surface area contributed by atoms with Crippen LogP contribution < -0.4 is 5.32 Å². The Bertz CT molecular complexity index is 324. The van der Waals surface area contributed by atoms with Crippen LogP contribution in [-0.4, -0.2) is 12.0 Å². The van der Waals surface area contributed by atoms with Gasteiger partial charge in [0.05, 0.1) is 11.2 Å². The van der Waals surface area contributed by atoms with E-state index in [-0.39, 0.29) is 5.54 Å². The van der Waals surface area contributed by atoms with Crippen molar-refractivity contribution >= 4 is 11.3 Å². The predicted octanol–water partition coefficient (Wildman–Crippen LogP) is 2.87. The van der Waals surface area contributed by atoms with Crippen LogP contribution in [0.1, 0.15) is 48.7 Å². The minimum absolute atomic E-state index is 0.0871. The summed E-state index contributed by atoms with van der Waals surface area (Å²) in [5, 5.41) is 4.72. The first-order chi connectivity index (χ1) is 7.19. The van der Waals surface area contributed by atoms with Gasteiger partial charge in [0, 0.05) is 4.88 Å². The highest BCUT2D eigenvalue weighted by atomic mass is 32.1. The molecule has 1 heterocycles. The monoisotopic (exact) mass is 224 g/mol. The number of nitrogens with zero attached hydrogens (tertiary/aromatic N) is 1. The van der Waals surface area contributed by atoms with Crippen LogP contribution in [0.25, 0.3) is 0 Å². The molecule has 1 aromatic heterocycles. The second kappa shape index (κ2) is 4.22. The van der Waals surface area contributed by atoms with E-state index in [1.165, 1.54) is 41.3 Å². The summed E-state index contributed by atoms with van der Waals surface area (Å²) in [5.74, 6) is 0. The highest BCUT2D eigenvalue weighted by Gasteiger charge is 2.29. The van der Waals surface area contributed by atoms with Crippen LogP contribution in [0.15, 0.2) is 0 Å². The number of aromatic nitrogens is 1. The molecule has 0 radical (unpaired) electrons. The molecule has 1 aliphatic rings. The molecule has 0 spiro atoms. The average Bonchev–Trinajstić information content (AvgIpc) is 2.77. The van der Waals surface area contributed by atoms with Gasteiger partial charge in [0.2, 0.25) is 0 Å². The first-order valence-corrected chi connectivity index (χ1v) is 6.69. The number of hydrogen-bond donors (Lipinski definition) is 1. The second-order valence-corrected chi connectivity index (χ2v) is 5.66. The molecule has 1 atom stereocenters. The van der Waals surface area contributed by atoms with Crippen molar-refractivity contribution in [2.24, 2.45) is 0 Å². The third-order valence-electron chi connectivity index (χ3n) is 3.37. The molecule has 0 aliphatic heterocycles. The van der Waals surface area contributed by atoms with Crippen LogP contribution in [-0.2, 0) is 18.4 Å². The normalized spacial score (nSPS) is 18.9. The highest BCUT2D eigenvalue weighted by Crippen LogP contribution is 2.35. The Hall–Kier alpha value is -0.410. The van der Waals surface area contributed by atoms with Crippen molar-refractivity contribution in [2.75, 3.05) is 7.05 Å². The Kier molecular flexibility index (Phi) is 3.12. The molecule has 3 heteroatoms. The summed E-state index contributed by atoms with van der Waals surface area (Å²) in [6.45, 7) is 4.50. The van der Waals surface area contributed by atoms with Crippen LogP contribution in [0.3, 0.4) is 0 Å². The van der Waals surface area contributed by atoms with E-state index < -0.39 is 0 Å². The van der Waals surface area contributed by atoms with E-state index >= 15 is 0 Å². The Morgan fingerprint density at radius 2 is 2.27 bits per heavy atom. The molecule has 15 heavy (non-hydrogen) atoms. The Balaban J connectivity index is 2.27. The molecular weight excluding hydrogens is 204 g/mol. The lowest BCUT2D eigenvalue weighted by Crippen LogP contribution is -2.36. The molecule has 1 unspecified atom stereocenters. The fourth-order valence-electron chi connectivity index (χ4n) is 2.27. The molecule has 0 saturated carbocycles. The fraction of sp³-hybridized carbons (Fsp3) is 0.750. The SMILES string of the molecule is CCCC(C)(NC)c1nc2c(s1)CCC2. The standard InChI is InChI=1S/C12H20N2S/c1-4-8-12(2,13-3)11-14-9-6-5-7-10(9)15-11/h13H,4-8H2,1-3H3. The maximum Gasteiger partial charge on any atom is 0.113 e. The van der Waals surface area contributed by atoms with E-state index in [0.717, 1.165) is 6.42 Å². The lowest BCUT2D eigenvalue weighted by Gasteiger charge is -2.26. The van der Waals surface area contributed by atoms with Crippen LogP contribution >= 0.6 is 11.3 Å². The van der Waals surface area contributed by atoms with Gasteiger partial charge in [0.1, 0.15) is 5.01 Å². The van der Waals surface area contributed by atoms with Crippen LogP contribution in [0.2, 0.25) is 0 Å². The van der Waals surface area contributed by atoms with Crippen LogP contribution in [0.5, 0.6) is 0 Å². The zero-order valence-electron chi connectivity index (χ0n) is 9.89. The van der Waals surface area contributed by atoms with Crippen molar-refractivity contribution in [1.29, 1.82) is 0 Å². The van der Waals surface area contributed by atoms with Gasteiger partial charge in [-0.25, -0.2) is 4.98 Å². The zero-order valence-corrected chi connectivity index (χ0v) is 10.7. The van der Waals surface area contributed by atoms with E-state index in [1.807, 2.05) is 18.4 Å². The predicted molar refractivity (Wildman–Crippen MR) is 65.5 cm³/mol. The fourth-order valence-corrected chi connectivity index (χ4v) is 3.60. The van der Waals surface area contributed by atoms with Gasteiger partial charge in [-0.3, -0.25) is 0 Å². The summed E-state index contributed by atoms with van der Waals surface area (Å²) in [6, 6.07) is 0. The number of hydrogen-bond acceptors (Lipinski definition) is 3. The first kappa shape index (κ1) is 11.1. The van der Waals surface area contributed by atoms with Crippen molar-refractivity contribution in [1.82, 2.24) is 10.3 Å². The van der Waals surface area contributed by atoms with Gasteiger partial charge in [0.15, 0.2) is 0 Å². The van der Waals surface area contributed by atoms with E-state index in [9.17, 15) is 0 Å². The molecule has 0 aromatic carbocycles. The number of nitrogens with one attached hydrogen (secondary N) is 1. The highest BCUT2D eigenvalue weighted by molar-refractivity contribution is 7.12. The molecule has 2 rings (SSSR count). The molecule has 0 saturated heterocycles. The molecule has 1 N–H and O–H groups in total. The van der Waals surface area contributed by atoms with E-state index in [0.29, 0.717) is 0 Å². The molecular formula is C12H20N2S. The largest absolute Gasteiger partial charge is 0.309 e. The van der Waals surface area contributed by atoms with Gasteiger partial charge in [-0.05, 0) is 39.7 Å². The molecule has 84 valence electrons. The maximum absolute atomic E-state index is 4.81. The Morgan fingerprint density at radius 1 is 1.47 bits per heavy atom. The summed E-state index contributed by atoms with van der Waals surface area (Å²) < 4.78 is 0. The van der Waals surface area contributed by atoms with Gasteiger partial charge in [-0.15, -0.1) is 11.3 Å². The second-order valence-electron chi connectivity index (χ2n) is 4.57. The van der Waals surface area contributed by atoms with Crippen molar-refractivity contribution in [2.45, 2.75) is 51.5 Å². The van der Waals surface area contributed by atoms with Gasteiger partial charge < -0.3 is 5.32 Å². The summed E-state index contributed by atoms with van der Waals surface area (Å²) in [4.78, 5) is 6.34. The van der Waals surface area contributed by atoms with Gasteiger partial charge in [-0.2, -0.15) is 0 Å². The molecule has 0 fully saturated rings. The number of rotatable bonds is 4. The van der Waals surface area contributed by atoms with Crippen molar-refractivity contribution in [3.8, 4) is 0 Å². The molecule has 1 aromatic rings. The quantitative estimate of drug-likeness (QED) is 0.850. The zero-order chi connectivity index (χ0) is 10.9.